The Morgan fingerprint density at radius 2 is 1.42 bits per heavy atom. The molecular weight excluding hydrogens is 915 g/mol. The molecule has 0 spiro atoms. The molecule has 3 aromatic rings. The number of esters is 2. The molecule has 3 aromatic carbocycles. The van der Waals surface area contributed by atoms with Crippen LogP contribution in [0.15, 0.2) is 104 Å². The van der Waals surface area contributed by atoms with Crippen molar-refractivity contribution in [3.8, 4) is 0 Å². The average molecular weight is 976 g/mol. The topological polar surface area (TPSA) is 158 Å². The molecule has 1 heterocycles. The first-order chi connectivity index (χ1) is 30.7. The molecule has 4 rings (SSSR count). The number of halogens is 3. The van der Waals surface area contributed by atoms with Gasteiger partial charge in [-0.3, -0.25) is 14.5 Å². The highest BCUT2D eigenvalue weighted by molar-refractivity contribution is 8.00. The Hall–Kier alpha value is -4.43. The van der Waals surface area contributed by atoms with E-state index in [1.165, 1.54) is 6.08 Å². The number of amides is 2. The predicted octanol–water partition coefficient (Wildman–Crippen LogP) is 10.8. The molecule has 65 heavy (non-hydrogen) atoms. The van der Waals surface area contributed by atoms with E-state index in [0.717, 1.165) is 21.6 Å². The third-order valence-electron chi connectivity index (χ3n) is 11.3. The fourth-order valence-electron chi connectivity index (χ4n) is 7.76. The summed E-state index contributed by atoms with van der Waals surface area (Å²) in [6.07, 6.45) is -1.05. The number of thioether (sulfide) groups is 1. The normalized spacial score (nSPS) is 16.6. The molecule has 0 bridgehead atoms. The number of carbonyl (C=O) groups is 5. The van der Waals surface area contributed by atoms with Crippen LogP contribution in [0.3, 0.4) is 0 Å². The van der Waals surface area contributed by atoms with E-state index in [-0.39, 0.29) is 38.3 Å². The van der Waals surface area contributed by atoms with Gasteiger partial charge in [-0.1, -0.05) is 173 Å². The van der Waals surface area contributed by atoms with E-state index in [4.69, 9.17) is 53.8 Å². The van der Waals surface area contributed by atoms with Gasteiger partial charge in [0.15, 0.2) is 0 Å². The highest BCUT2D eigenvalue weighted by Gasteiger charge is 2.41. The monoisotopic (exact) mass is 974 g/mol. The van der Waals surface area contributed by atoms with E-state index < -0.39 is 80.9 Å². The van der Waals surface area contributed by atoms with Crippen LogP contribution in [0, 0.1) is 17.3 Å². The van der Waals surface area contributed by atoms with Crippen molar-refractivity contribution in [1.29, 1.82) is 0 Å². The number of carbonyl (C=O) groups excluding carboxylic acids is 4. The number of hydrogen-bond acceptors (Lipinski definition) is 10. The Kier molecular flexibility index (Phi) is 20.4. The summed E-state index contributed by atoms with van der Waals surface area (Å²) in [7, 11) is 0. The average Bonchev–Trinajstić information content (AvgIpc) is 3.78. The van der Waals surface area contributed by atoms with Crippen LogP contribution in [0.2, 0.25) is 0 Å². The number of hydrogen-bond donors (Lipinski definition) is 2. The van der Waals surface area contributed by atoms with E-state index in [1.54, 1.807) is 18.7 Å². The summed E-state index contributed by atoms with van der Waals surface area (Å²) < 4.78 is 19.6. The zero-order valence-corrected chi connectivity index (χ0v) is 40.7. The Balaban J connectivity index is 1.64. The van der Waals surface area contributed by atoms with Gasteiger partial charge in [0.1, 0.15) is 31.5 Å². The Labute approximate surface area is 402 Å². The van der Waals surface area contributed by atoms with Crippen molar-refractivity contribution >= 4 is 76.7 Å². The second-order valence-electron chi connectivity index (χ2n) is 17.4. The molecule has 12 nitrogen and oxygen atoms in total. The van der Waals surface area contributed by atoms with Crippen LogP contribution in [0.25, 0.3) is 0 Å². The standard InChI is InChI=1S/C49H61Cl3N2O10S/c1-7-28-61-42(55)26-25-38(31-65-49(35-18-11-8-12-19-35,36-20-13-9-14-21-36)37-22-15-10-16-23-37)53-43(56)34(3)40(63-46(60)62-32-48(50,51)52)29-33(2)30-41(47(4,5)6)64-44(57)39-24-17-27-54(39)45(58)59/h7-16,18-23,33-34,38-41H,1,17,24-32H2,2-6H3,(H,53,56)(H,58,59)/t33-,34-,38+,39?,40-,41-/m0/s1. The van der Waals surface area contributed by atoms with Crippen molar-refractivity contribution in [2.75, 3.05) is 25.5 Å². The second-order valence-corrected chi connectivity index (χ2v) is 21.2. The number of rotatable bonds is 22. The van der Waals surface area contributed by atoms with Crippen molar-refractivity contribution in [2.24, 2.45) is 17.3 Å². The van der Waals surface area contributed by atoms with E-state index in [2.05, 4.69) is 48.3 Å². The molecule has 0 aliphatic carbocycles. The van der Waals surface area contributed by atoms with Crippen molar-refractivity contribution in [2.45, 2.75) is 106 Å². The molecule has 1 aliphatic heterocycles. The number of likely N-dealkylation sites (tertiary alicyclic amines) is 1. The van der Waals surface area contributed by atoms with Crippen molar-refractivity contribution in [3.63, 3.8) is 0 Å². The van der Waals surface area contributed by atoms with Gasteiger partial charge in [-0.2, -0.15) is 0 Å². The molecule has 0 saturated carbocycles. The molecular formula is C49H61Cl3N2O10S. The van der Waals surface area contributed by atoms with Crippen molar-refractivity contribution < 1.29 is 48.0 Å². The van der Waals surface area contributed by atoms with Gasteiger partial charge in [-0.25, -0.2) is 14.4 Å². The summed E-state index contributed by atoms with van der Waals surface area (Å²) in [5.74, 6) is -2.48. The van der Waals surface area contributed by atoms with Gasteiger partial charge in [0, 0.05) is 24.8 Å². The summed E-state index contributed by atoms with van der Waals surface area (Å²) >= 11 is 19.2. The number of benzene rings is 3. The number of nitrogens with zero attached hydrogens (tertiary/aromatic N) is 1. The van der Waals surface area contributed by atoms with Crippen LogP contribution in [-0.4, -0.2) is 93.7 Å². The lowest BCUT2D eigenvalue weighted by Crippen LogP contribution is -2.46. The van der Waals surface area contributed by atoms with Crippen molar-refractivity contribution in [1.82, 2.24) is 10.2 Å². The third kappa shape index (κ3) is 16.1. The van der Waals surface area contributed by atoms with E-state index >= 15 is 0 Å². The van der Waals surface area contributed by atoms with Crippen LogP contribution in [0.5, 0.6) is 0 Å². The molecule has 1 aliphatic rings. The maximum absolute atomic E-state index is 14.5. The van der Waals surface area contributed by atoms with Gasteiger partial charge in [-0.05, 0) is 60.1 Å². The van der Waals surface area contributed by atoms with Gasteiger partial charge < -0.3 is 29.4 Å². The summed E-state index contributed by atoms with van der Waals surface area (Å²) in [6, 6.07) is 28.8. The first-order valence-corrected chi connectivity index (χ1v) is 23.8. The molecule has 0 aromatic heterocycles. The highest BCUT2D eigenvalue weighted by atomic mass is 35.6. The Morgan fingerprint density at radius 1 is 0.862 bits per heavy atom. The van der Waals surface area contributed by atoms with Gasteiger partial charge in [-0.15, -0.1) is 11.8 Å². The minimum Gasteiger partial charge on any atom is -0.465 e. The Bertz CT molecular complexity index is 1920. The largest absolute Gasteiger partial charge is 0.508 e. The predicted molar refractivity (Wildman–Crippen MR) is 255 cm³/mol. The fraction of sp³-hybridized carbons (Fsp3) is 0.490. The number of carboxylic acid groups (broad SMARTS) is 1. The quantitative estimate of drug-likeness (QED) is 0.0325. The van der Waals surface area contributed by atoms with Gasteiger partial charge in [0.25, 0.3) is 0 Å². The van der Waals surface area contributed by atoms with Crippen LogP contribution < -0.4 is 5.32 Å². The smallest absolute Gasteiger partial charge is 0.465 e. The van der Waals surface area contributed by atoms with Gasteiger partial charge in [0.2, 0.25) is 9.70 Å². The zero-order chi connectivity index (χ0) is 47.8. The van der Waals surface area contributed by atoms with E-state index in [1.807, 2.05) is 82.3 Å². The van der Waals surface area contributed by atoms with Crippen molar-refractivity contribution in [3.05, 3.63) is 120 Å². The molecule has 1 unspecified atom stereocenters. The number of nitrogens with one attached hydrogen (secondary N) is 1. The van der Waals surface area contributed by atoms with Crippen LogP contribution in [-0.2, 0) is 38.1 Å². The van der Waals surface area contributed by atoms with Gasteiger partial charge >= 0.3 is 24.2 Å². The van der Waals surface area contributed by atoms with E-state index in [0.29, 0.717) is 25.0 Å². The minimum atomic E-state index is -1.92. The van der Waals surface area contributed by atoms with Crippen LogP contribution in [0.1, 0.15) is 89.8 Å². The Morgan fingerprint density at radius 3 is 1.91 bits per heavy atom. The maximum atomic E-state index is 14.5. The zero-order valence-electron chi connectivity index (χ0n) is 37.6. The number of alkyl halides is 3. The summed E-state index contributed by atoms with van der Waals surface area (Å²) in [6.45, 7) is 12.5. The lowest BCUT2D eigenvalue weighted by Gasteiger charge is -2.37. The van der Waals surface area contributed by atoms with Gasteiger partial charge in [0.05, 0.1) is 10.7 Å². The molecule has 354 valence electrons. The molecule has 16 heteroatoms. The first-order valence-electron chi connectivity index (χ1n) is 21.7. The first kappa shape index (κ1) is 53.2. The molecule has 1 saturated heterocycles. The maximum Gasteiger partial charge on any atom is 0.508 e. The van der Waals surface area contributed by atoms with E-state index in [9.17, 15) is 29.1 Å². The summed E-state index contributed by atoms with van der Waals surface area (Å²) in [5, 5.41) is 12.8. The number of ether oxygens (including phenoxy) is 4. The fourth-order valence-corrected chi connectivity index (χ4v) is 9.53. The van der Waals surface area contributed by atoms with Crippen LogP contribution in [0.4, 0.5) is 9.59 Å². The molecule has 6 atom stereocenters. The minimum absolute atomic E-state index is 0.00104. The molecule has 2 N–H and O–H groups in total. The lowest BCUT2D eigenvalue weighted by atomic mass is 9.81. The summed E-state index contributed by atoms with van der Waals surface area (Å²) in [5.41, 5.74) is 2.49. The highest BCUT2D eigenvalue weighted by Crippen LogP contribution is 2.49. The lowest BCUT2D eigenvalue weighted by molar-refractivity contribution is -0.161. The second kappa shape index (κ2) is 24.9. The summed E-state index contributed by atoms with van der Waals surface area (Å²) in [4.78, 5) is 66.8. The van der Waals surface area contributed by atoms with Crippen LogP contribution >= 0.6 is 46.6 Å². The molecule has 0 radical (unpaired) electrons. The molecule has 2 amide bonds. The SMILES string of the molecule is C=CCOC(=O)CC[C@H](CSC(c1ccccc1)(c1ccccc1)c1ccccc1)NC(=O)[C@@H](C)[C@H](C[C@H](C)C[C@H](OC(=O)C1CCCN1C(=O)O)C(C)(C)C)OC(=O)OCC(Cl)(Cl)Cl. The molecule has 1 fully saturated rings. The third-order valence-corrected chi connectivity index (χ3v) is 13.3.